The van der Waals surface area contributed by atoms with Gasteiger partial charge in [-0.25, -0.2) is 0 Å². The highest BCUT2D eigenvalue weighted by Crippen LogP contribution is 2.31. The van der Waals surface area contributed by atoms with Gasteiger partial charge < -0.3 is 14.0 Å². The highest BCUT2D eigenvalue weighted by Gasteiger charge is 2.20. The Hall–Kier alpha value is -2.84. The summed E-state index contributed by atoms with van der Waals surface area (Å²) in [5.74, 6) is 1.77. The first kappa shape index (κ1) is 23.8. The van der Waals surface area contributed by atoms with E-state index in [0.29, 0.717) is 24.1 Å². The lowest BCUT2D eigenvalue weighted by Crippen LogP contribution is -2.09. The normalized spacial score (nSPS) is 11.0. The monoisotopic (exact) mass is 454 g/mol. The number of para-hydroxylation sites is 1. The van der Waals surface area contributed by atoms with E-state index in [2.05, 4.69) is 21.3 Å². The maximum absolute atomic E-state index is 13.0. The summed E-state index contributed by atoms with van der Waals surface area (Å²) in [6, 6.07) is 9.65. The first-order valence-corrected chi connectivity index (χ1v) is 11.5. The van der Waals surface area contributed by atoms with E-state index in [1.807, 2.05) is 48.7 Å². The predicted molar refractivity (Wildman–Crippen MR) is 128 cm³/mol. The first-order chi connectivity index (χ1) is 15.5. The van der Waals surface area contributed by atoms with Crippen LogP contribution in [-0.4, -0.2) is 51.7 Å². The van der Waals surface area contributed by atoms with Crippen molar-refractivity contribution in [2.24, 2.45) is 0 Å². The van der Waals surface area contributed by atoms with Crippen LogP contribution in [0.25, 0.3) is 11.4 Å². The number of thioether (sulfide) groups is 1. The van der Waals surface area contributed by atoms with Gasteiger partial charge >= 0.3 is 0 Å². The van der Waals surface area contributed by atoms with E-state index in [4.69, 9.17) is 9.47 Å². The molecule has 0 saturated carbocycles. The maximum atomic E-state index is 13.0. The third-order valence-corrected chi connectivity index (χ3v) is 6.28. The highest BCUT2D eigenvalue weighted by molar-refractivity contribution is 7.99. The lowest BCUT2D eigenvalue weighted by atomic mass is 10.2. The van der Waals surface area contributed by atoms with E-state index in [0.717, 1.165) is 41.2 Å². The van der Waals surface area contributed by atoms with Crippen LogP contribution in [0.3, 0.4) is 0 Å². The van der Waals surface area contributed by atoms with Crippen molar-refractivity contribution in [3.05, 3.63) is 59.9 Å². The van der Waals surface area contributed by atoms with Gasteiger partial charge in [0, 0.05) is 43.8 Å². The van der Waals surface area contributed by atoms with Gasteiger partial charge in [0.05, 0.1) is 18.4 Å². The summed E-state index contributed by atoms with van der Waals surface area (Å²) in [5.41, 5.74) is 3.68. The van der Waals surface area contributed by atoms with E-state index in [1.54, 1.807) is 20.3 Å². The van der Waals surface area contributed by atoms with Crippen LogP contribution in [0.5, 0.6) is 5.75 Å². The van der Waals surface area contributed by atoms with Crippen LogP contribution >= 0.6 is 11.8 Å². The second-order valence-electron chi connectivity index (χ2n) is 7.40. The van der Waals surface area contributed by atoms with Crippen LogP contribution in [0.4, 0.5) is 0 Å². The summed E-state index contributed by atoms with van der Waals surface area (Å²) in [6.07, 6.45) is 2.70. The van der Waals surface area contributed by atoms with Crippen molar-refractivity contribution >= 4 is 17.5 Å². The number of ketones is 1. The molecule has 0 atom stereocenters. The smallest absolute Gasteiger partial charge is 0.192 e. The fourth-order valence-electron chi connectivity index (χ4n) is 3.72. The van der Waals surface area contributed by atoms with Gasteiger partial charge in [-0.15, -0.1) is 16.8 Å². The number of ether oxygens (including phenoxy) is 2. The molecule has 0 fully saturated rings. The quantitative estimate of drug-likeness (QED) is 0.173. The molecule has 32 heavy (non-hydrogen) atoms. The van der Waals surface area contributed by atoms with Crippen LogP contribution < -0.4 is 4.74 Å². The number of carbonyl (C=O) groups excluding carboxylic acids is 1. The van der Waals surface area contributed by atoms with Crippen molar-refractivity contribution in [2.45, 2.75) is 38.5 Å². The number of methoxy groups -OCH3 is 2. The van der Waals surface area contributed by atoms with Crippen molar-refractivity contribution in [2.75, 3.05) is 26.6 Å². The molecular formula is C24H30N4O3S. The summed E-state index contributed by atoms with van der Waals surface area (Å²) < 4.78 is 14.8. The van der Waals surface area contributed by atoms with Crippen molar-refractivity contribution < 1.29 is 14.3 Å². The topological polar surface area (TPSA) is 71.2 Å². The second kappa shape index (κ2) is 11.2. The summed E-state index contributed by atoms with van der Waals surface area (Å²) in [6.45, 7) is 9.95. The molecule has 3 aromatic rings. The average Bonchev–Trinajstić information content (AvgIpc) is 3.33. The van der Waals surface area contributed by atoms with E-state index in [1.165, 1.54) is 11.8 Å². The molecule has 0 bridgehead atoms. The Labute approximate surface area is 193 Å². The second-order valence-corrected chi connectivity index (χ2v) is 8.34. The third kappa shape index (κ3) is 5.14. The zero-order chi connectivity index (χ0) is 23.1. The maximum Gasteiger partial charge on any atom is 0.192 e. The zero-order valence-electron chi connectivity index (χ0n) is 19.1. The summed E-state index contributed by atoms with van der Waals surface area (Å²) >= 11 is 1.39. The Bertz CT molecular complexity index is 1090. The molecule has 170 valence electrons. The molecule has 2 heterocycles. The SMILES string of the molecule is C=CCn1c(SCC(=O)c2cc(C)n(CCCOC)c2C)nnc1-c1ccccc1OC. The number of nitrogens with zero attached hydrogens (tertiary/aromatic N) is 4. The number of carbonyl (C=O) groups is 1. The molecule has 3 rings (SSSR count). The number of Topliss-reactive ketones (excluding diaryl/α,β-unsaturated/α-hetero) is 1. The standard InChI is InChI=1S/C24H30N4O3S/c1-6-12-28-23(19-10-7-8-11-22(19)31-5)25-26-24(28)32-16-21(29)20-15-17(2)27(18(20)3)13-9-14-30-4/h6-8,10-11,15H,1,9,12-14,16H2,2-5H3. The number of hydrogen-bond acceptors (Lipinski definition) is 6. The number of benzene rings is 1. The number of hydrogen-bond donors (Lipinski definition) is 0. The van der Waals surface area contributed by atoms with Crippen molar-refractivity contribution in [1.82, 2.24) is 19.3 Å². The molecule has 0 amide bonds. The minimum atomic E-state index is 0.0769. The summed E-state index contributed by atoms with van der Waals surface area (Å²) in [7, 11) is 3.33. The molecule has 0 unspecified atom stereocenters. The van der Waals surface area contributed by atoms with Gasteiger partial charge in [-0.1, -0.05) is 30.0 Å². The molecule has 0 aliphatic rings. The van der Waals surface area contributed by atoms with Gasteiger partial charge in [-0.2, -0.15) is 0 Å². The van der Waals surface area contributed by atoms with Gasteiger partial charge in [0.2, 0.25) is 0 Å². The lowest BCUT2D eigenvalue weighted by molar-refractivity contribution is 0.102. The van der Waals surface area contributed by atoms with Crippen molar-refractivity contribution in [3.8, 4) is 17.1 Å². The predicted octanol–water partition coefficient (Wildman–Crippen LogP) is 4.57. The number of allylic oxidation sites excluding steroid dienone is 1. The number of aryl methyl sites for hydroxylation is 1. The van der Waals surface area contributed by atoms with Crippen LogP contribution in [0.1, 0.15) is 28.2 Å². The largest absolute Gasteiger partial charge is 0.496 e. The Morgan fingerprint density at radius 3 is 2.69 bits per heavy atom. The molecule has 0 saturated heterocycles. The number of rotatable bonds is 12. The fraction of sp³-hybridized carbons (Fsp3) is 0.375. The van der Waals surface area contributed by atoms with Gasteiger partial charge in [-0.05, 0) is 38.5 Å². The van der Waals surface area contributed by atoms with Crippen LogP contribution in [-0.2, 0) is 17.8 Å². The van der Waals surface area contributed by atoms with E-state index in [-0.39, 0.29) is 11.5 Å². The fourth-order valence-corrected chi connectivity index (χ4v) is 4.55. The molecular weight excluding hydrogens is 424 g/mol. The lowest BCUT2D eigenvalue weighted by Gasteiger charge is -2.11. The molecule has 0 radical (unpaired) electrons. The number of aromatic nitrogens is 4. The van der Waals surface area contributed by atoms with Gasteiger partial charge in [0.15, 0.2) is 16.8 Å². The molecule has 7 nitrogen and oxygen atoms in total. The van der Waals surface area contributed by atoms with Gasteiger partial charge in [0.25, 0.3) is 0 Å². The Morgan fingerprint density at radius 1 is 1.19 bits per heavy atom. The molecule has 0 N–H and O–H groups in total. The van der Waals surface area contributed by atoms with E-state index in [9.17, 15) is 4.79 Å². The Kier molecular flexibility index (Phi) is 8.30. The molecule has 0 spiro atoms. The van der Waals surface area contributed by atoms with Crippen LogP contribution in [0, 0.1) is 13.8 Å². The minimum Gasteiger partial charge on any atom is -0.496 e. The Morgan fingerprint density at radius 2 is 1.97 bits per heavy atom. The average molecular weight is 455 g/mol. The molecule has 2 aromatic heterocycles. The molecule has 1 aromatic carbocycles. The van der Waals surface area contributed by atoms with E-state index >= 15 is 0 Å². The van der Waals surface area contributed by atoms with E-state index < -0.39 is 0 Å². The molecule has 8 heteroatoms. The van der Waals surface area contributed by atoms with Crippen molar-refractivity contribution in [3.63, 3.8) is 0 Å². The highest BCUT2D eigenvalue weighted by atomic mass is 32.2. The minimum absolute atomic E-state index is 0.0769. The molecule has 0 aliphatic heterocycles. The zero-order valence-corrected chi connectivity index (χ0v) is 19.9. The van der Waals surface area contributed by atoms with Gasteiger partial charge in [-0.3, -0.25) is 9.36 Å². The van der Waals surface area contributed by atoms with Crippen molar-refractivity contribution in [1.29, 1.82) is 0 Å². The van der Waals surface area contributed by atoms with Crippen LogP contribution in [0.2, 0.25) is 0 Å². The first-order valence-electron chi connectivity index (χ1n) is 10.5. The summed E-state index contributed by atoms with van der Waals surface area (Å²) in [5, 5.41) is 9.40. The Balaban J connectivity index is 1.79. The molecule has 0 aliphatic carbocycles. The van der Waals surface area contributed by atoms with Crippen LogP contribution in [0.15, 0.2) is 48.1 Å². The summed E-state index contributed by atoms with van der Waals surface area (Å²) in [4.78, 5) is 13.0. The van der Waals surface area contributed by atoms with Gasteiger partial charge in [0.1, 0.15) is 5.75 Å². The third-order valence-electron chi connectivity index (χ3n) is 5.31.